The van der Waals surface area contributed by atoms with Crippen LogP contribution in [0.25, 0.3) is 0 Å². The summed E-state index contributed by atoms with van der Waals surface area (Å²) in [6.07, 6.45) is 6.75. The molecule has 4 rings (SSSR count). The van der Waals surface area contributed by atoms with Crippen molar-refractivity contribution in [1.29, 1.82) is 0 Å². The van der Waals surface area contributed by atoms with E-state index < -0.39 is 0 Å². The lowest BCUT2D eigenvalue weighted by atomic mass is 10.1. The van der Waals surface area contributed by atoms with Crippen LogP contribution in [-0.4, -0.2) is 30.7 Å². The predicted octanol–water partition coefficient (Wildman–Crippen LogP) is 3.57. The van der Waals surface area contributed by atoms with Crippen molar-refractivity contribution in [1.82, 2.24) is 24.9 Å². The van der Waals surface area contributed by atoms with Gasteiger partial charge in [0.05, 0.1) is 0 Å². The fraction of sp³-hybridized carbons (Fsp3) is 0.316. The van der Waals surface area contributed by atoms with Gasteiger partial charge in [-0.1, -0.05) is 19.1 Å². The molecule has 0 unspecified atom stereocenters. The number of benzene rings is 1. The van der Waals surface area contributed by atoms with Crippen molar-refractivity contribution in [2.24, 2.45) is 5.92 Å². The molecule has 0 bridgehead atoms. The van der Waals surface area contributed by atoms with Crippen molar-refractivity contribution in [2.75, 3.05) is 5.32 Å². The number of imidazole rings is 1. The summed E-state index contributed by atoms with van der Waals surface area (Å²) in [5, 5.41) is 3.68. The second-order valence-corrected chi connectivity index (χ2v) is 7.48. The molecule has 0 spiro atoms. The first-order valence-electron chi connectivity index (χ1n) is 9.00. The molecule has 2 heterocycles. The molecule has 7 nitrogen and oxygen atoms in total. The second kappa shape index (κ2) is 7.87. The quantitative estimate of drug-likeness (QED) is 0.616. The predicted molar refractivity (Wildman–Crippen MR) is 103 cm³/mol. The summed E-state index contributed by atoms with van der Waals surface area (Å²) in [5.74, 6) is 2.42. The van der Waals surface area contributed by atoms with E-state index in [9.17, 15) is 4.79 Å². The number of H-pyrrole nitrogens is 1. The van der Waals surface area contributed by atoms with Gasteiger partial charge in [-0.2, -0.15) is 9.97 Å². The SMILES string of the molecule is CCc1nc(Nc2ncc[nH]2)nc(Sc2ccc(CC(=O)C3CC3)cc2)n1. The average molecular weight is 380 g/mol. The number of ketones is 1. The number of nitrogens with one attached hydrogen (secondary N) is 2. The smallest absolute Gasteiger partial charge is 0.233 e. The molecule has 2 aromatic heterocycles. The average Bonchev–Trinajstić information content (AvgIpc) is 3.41. The summed E-state index contributed by atoms with van der Waals surface area (Å²) in [7, 11) is 0. The van der Waals surface area contributed by atoms with E-state index in [0.29, 0.717) is 47.4 Å². The fourth-order valence-corrected chi connectivity index (χ4v) is 3.40. The van der Waals surface area contributed by atoms with Crippen LogP contribution in [0, 0.1) is 5.92 Å². The highest BCUT2D eigenvalue weighted by Crippen LogP contribution is 2.31. The Labute approximate surface area is 161 Å². The van der Waals surface area contributed by atoms with E-state index in [-0.39, 0.29) is 0 Å². The van der Waals surface area contributed by atoms with Crippen molar-refractivity contribution in [2.45, 2.75) is 42.7 Å². The van der Waals surface area contributed by atoms with Crippen molar-refractivity contribution < 1.29 is 4.79 Å². The lowest BCUT2D eigenvalue weighted by Gasteiger charge is -2.07. The van der Waals surface area contributed by atoms with Gasteiger partial charge < -0.3 is 4.98 Å². The van der Waals surface area contributed by atoms with Crippen LogP contribution in [0.3, 0.4) is 0 Å². The van der Waals surface area contributed by atoms with Crippen molar-refractivity contribution in [3.8, 4) is 0 Å². The van der Waals surface area contributed by atoms with Gasteiger partial charge >= 0.3 is 0 Å². The normalized spacial score (nSPS) is 13.5. The van der Waals surface area contributed by atoms with Gasteiger partial charge in [0.1, 0.15) is 11.6 Å². The van der Waals surface area contributed by atoms with Crippen LogP contribution in [0.4, 0.5) is 11.9 Å². The van der Waals surface area contributed by atoms with Crippen molar-refractivity contribution >= 4 is 29.4 Å². The minimum atomic E-state index is 0.303. The zero-order valence-corrected chi connectivity index (χ0v) is 15.8. The standard InChI is InChI=1S/C19H20N6OS/c1-2-16-22-18(24-17-20-9-10-21-17)25-19(23-16)27-14-7-3-12(4-8-14)11-15(26)13-5-6-13/h3-4,7-10,13H,2,5-6,11H2,1H3,(H2,20,21,22,23,24,25). The molecular formula is C19H20N6OS. The van der Waals surface area contributed by atoms with Gasteiger partial charge in [0, 0.05) is 36.0 Å². The monoisotopic (exact) mass is 380 g/mol. The van der Waals surface area contributed by atoms with Gasteiger partial charge in [-0.15, -0.1) is 0 Å². The third-order valence-electron chi connectivity index (χ3n) is 4.25. The molecule has 8 heteroatoms. The second-order valence-electron chi connectivity index (χ2n) is 6.44. The van der Waals surface area contributed by atoms with Gasteiger partial charge in [-0.05, 0) is 42.3 Å². The first-order chi connectivity index (χ1) is 13.2. The third-order valence-corrected chi connectivity index (χ3v) is 5.12. The van der Waals surface area contributed by atoms with Gasteiger partial charge in [0.15, 0.2) is 5.16 Å². The Balaban J connectivity index is 1.46. The molecule has 2 N–H and O–H groups in total. The Morgan fingerprint density at radius 1 is 1.22 bits per heavy atom. The molecule has 0 aliphatic heterocycles. The summed E-state index contributed by atoms with van der Waals surface area (Å²) in [6, 6.07) is 8.03. The van der Waals surface area contributed by atoms with Gasteiger partial charge in [0.25, 0.3) is 0 Å². The molecular weight excluding hydrogens is 360 g/mol. The van der Waals surface area contributed by atoms with E-state index in [0.717, 1.165) is 23.3 Å². The number of aryl methyl sites for hydroxylation is 1. The van der Waals surface area contributed by atoms with Crippen molar-refractivity contribution in [3.05, 3.63) is 48.0 Å². The zero-order chi connectivity index (χ0) is 18.6. The minimum absolute atomic E-state index is 0.303. The molecule has 138 valence electrons. The maximum absolute atomic E-state index is 11.9. The number of anilines is 2. The van der Waals surface area contributed by atoms with Crippen molar-refractivity contribution in [3.63, 3.8) is 0 Å². The Kier molecular flexibility index (Phi) is 5.15. The van der Waals surface area contributed by atoms with E-state index >= 15 is 0 Å². The molecule has 3 aromatic rings. The number of nitrogens with zero attached hydrogens (tertiary/aromatic N) is 4. The van der Waals surface area contributed by atoms with E-state index in [1.54, 1.807) is 12.4 Å². The first-order valence-corrected chi connectivity index (χ1v) is 9.82. The van der Waals surface area contributed by atoms with Crippen LogP contribution in [0.2, 0.25) is 0 Å². The number of carbonyl (C=O) groups excluding carboxylic acids is 1. The molecule has 1 aromatic carbocycles. The molecule has 1 aliphatic carbocycles. The summed E-state index contributed by atoms with van der Waals surface area (Å²) in [5.41, 5.74) is 1.06. The molecule has 1 aliphatic rings. The maximum atomic E-state index is 11.9. The van der Waals surface area contributed by atoms with Crippen LogP contribution >= 0.6 is 11.8 Å². The van der Waals surface area contributed by atoms with Crippen LogP contribution in [-0.2, 0) is 17.6 Å². The third kappa shape index (κ3) is 4.71. The number of rotatable bonds is 8. The van der Waals surface area contributed by atoms with Crippen LogP contribution in [0.1, 0.15) is 31.2 Å². The Morgan fingerprint density at radius 3 is 2.70 bits per heavy atom. The number of hydrogen-bond acceptors (Lipinski definition) is 7. The number of Topliss-reactive ketones (excluding diaryl/α,β-unsaturated/α-hetero) is 1. The van der Waals surface area contributed by atoms with Gasteiger partial charge in [-0.3, -0.25) is 10.1 Å². The maximum Gasteiger partial charge on any atom is 0.233 e. The number of hydrogen-bond donors (Lipinski definition) is 2. The topological polar surface area (TPSA) is 96.5 Å². The lowest BCUT2D eigenvalue weighted by molar-refractivity contribution is -0.119. The fourth-order valence-electron chi connectivity index (χ4n) is 2.63. The lowest BCUT2D eigenvalue weighted by Crippen LogP contribution is -2.05. The van der Waals surface area contributed by atoms with Crippen LogP contribution in [0.5, 0.6) is 0 Å². The number of carbonyl (C=O) groups is 1. The van der Waals surface area contributed by atoms with E-state index in [2.05, 4.69) is 30.2 Å². The zero-order valence-electron chi connectivity index (χ0n) is 15.0. The molecule has 0 saturated heterocycles. The van der Waals surface area contributed by atoms with Crippen LogP contribution in [0.15, 0.2) is 46.7 Å². The summed E-state index contributed by atoms with van der Waals surface area (Å²) >= 11 is 1.47. The molecule has 1 saturated carbocycles. The Bertz CT molecular complexity index is 922. The largest absolute Gasteiger partial charge is 0.331 e. The molecule has 1 fully saturated rings. The van der Waals surface area contributed by atoms with E-state index in [4.69, 9.17) is 0 Å². The number of aromatic nitrogens is 5. The summed E-state index contributed by atoms with van der Waals surface area (Å²) in [6.45, 7) is 2.01. The van der Waals surface area contributed by atoms with Gasteiger partial charge in [0.2, 0.25) is 11.9 Å². The first kappa shape index (κ1) is 17.7. The Hall–Kier alpha value is -2.74. The highest BCUT2D eigenvalue weighted by molar-refractivity contribution is 7.99. The minimum Gasteiger partial charge on any atom is -0.331 e. The molecule has 0 atom stereocenters. The highest BCUT2D eigenvalue weighted by atomic mass is 32.2. The number of aromatic amines is 1. The van der Waals surface area contributed by atoms with E-state index in [1.807, 2.05) is 31.2 Å². The van der Waals surface area contributed by atoms with E-state index in [1.165, 1.54) is 11.8 Å². The van der Waals surface area contributed by atoms with Gasteiger partial charge in [-0.25, -0.2) is 9.97 Å². The molecule has 0 amide bonds. The Morgan fingerprint density at radius 2 is 2.04 bits per heavy atom. The highest BCUT2D eigenvalue weighted by Gasteiger charge is 2.28. The molecule has 27 heavy (non-hydrogen) atoms. The van der Waals surface area contributed by atoms with Crippen LogP contribution < -0.4 is 5.32 Å². The summed E-state index contributed by atoms with van der Waals surface area (Å²) in [4.78, 5) is 33.4. The summed E-state index contributed by atoms with van der Waals surface area (Å²) < 4.78 is 0. The molecule has 0 radical (unpaired) electrons.